The van der Waals surface area contributed by atoms with Crippen LogP contribution in [-0.2, 0) is 35.1 Å². The van der Waals surface area contributed by atoms with Crippen molar-refractivity contribution in [3.8, 4) is 5.75 Å². The van der Waals surface area contributed by atoms with Crippen LogP contribution in [0.1, 0.15) is 45.1 Å². The average Bonchev–Trinajstić information content (AvgIpc) is 3.50. The molecule has 2 heterocycles. The Labute approximate surface area is 245 Å². The monoisotopic (exact) mass is 583 g/mol. The summed E-state index contributed by atoms with van der Waals surface area (Å²) in [5.74, 6) is -1.15. The molecule has 42 heavy (non-hydrogen) atoms. The van der Waals surface area contributed by atoms with Crippen molar-refractivity contribution in [1.29, 1.82) is 0 Å². The molecule has 4 atom stereocenters. The molecule has 0 bridgehead atoms. The van der Waals surface area contributed by atoms with Crippen LogP contribution in [0.25, 0.3) is 0 Å². The van der Waals surface area contributed by atoms with Crippen molar-refractivity contribution in [2.24, 2.45) is 0 Å². The first-order valence-corrected chi connectivity index (χ1v) is 14.4. The van der Waals surface area contributed by atoms with Crippen LogP contribution < -0.4 is 26.0 Å². The number of rotatable bonds is 14. The van der Waals surface area contributed by atoms with Crippen LogP contribution in [0.2, 0.25) is 0 Å². The van der Waals surface area contributed by atoms with E-state index < -0.39 is 41.4 Å². The molecule has 12 heteroatoms. The minimum atomic E-state index is -1.02. The van der Waals surface area contributed by atoms with Crippen LogP contribution in [0.5, 0.6) is 5.75 Å². The van der Waals surface area contributed by atoms with Gasteiger partial charge in [0, 0.05) is 19.5 Å². The second-order valence-corrected chi connectivity index (χ2v) is 11.4. The van der Waals surface area contributed by atoms with Crippen molar-refractivity contribution in [1.82, 2.24) is 26.2 Å². The number of epoxide rings is 1. The van der Waals surface area contributed by atoms with Gasteiger partial charge < -0.3 is 30.7 Å². The van der Waals surface area contributed by atoms with Gasteiger partial charge in [0.15, 0.2) is 5.78 Å². The number of carbonyl (C=O) groups excluding carboxylic acids is 5. The SMILES string of the molecule is COc1ccc(C[C@H](NC(=O)[C@H](C)NC(=O)CN2CCNC(=O)C2)C(=O)N[C@@H](CC2=CCCC2)C(=O)[C@]2(C)CO2)cc1. The number of allylic oxidation sites excluding steroid dienone is 1. The number of carbonyl (C=O) groups is 5. The largest absolute Gasteiger partial charge is 0.497 e. The quantitative estimate of drug-likeness (QED) is 0.176. The first-order valence-electron chi connectivity index (χ1n) is 14.4. The molecule has 2 aliphatic heterocycles. The minimum Gasteiger partial charge on any atom is -0.497 e. The average molecular weight is 584 g/mol. The number of hydrogen-bond donors (Lipinski definition) is 4. The van der Waals surface area contributed by atoms with E-state index >= 15 is 0 Å². The molecule has 0 aromatic heterocycles. The fourth-order valence-corrected chi connectivity index (χ4v) is 5.17. The van der Waals surface area contributed by atoms with Gasteiger partial charge in [-0.2, -0.15) is 0 Å². The van der Waals surface area contributed by atoms with E-state index in [1.54, 1.807) is 43.2 Å². The molecule has 0 radical (unpaired) electrons. The van der Waals surface area contributed by atoms with Gasteiger partial charge in [-0.15, -0.1) is 0 Å². The summed E-state index contributed by atoms with van der Waals surface area (Å²) in [6.45, 7) is 4.63. The predicted molar refractivity (Wildman–Crippen MR) is 154 cm³/mol. The molecule has 2 fully saturated rings. The van der Waals surface area contributed by atoms with Crippen molar-refractivity contribution in [2.75, 3.05) is 39.9 Å². The summed E-state index contributed by atoms with van der Waals surface area (Å²) < 4.78 is 10.6. The third kappa shape index (κ3) is 8.62. The molecule has 0 unspecified atom stereocenters. The fourth-order valence-electron chi connectivity index (χ4n) is 5.17. The number of methoxy groups -OCH3 is 1. The molecule has 4 rings (SSSR count). The maximum atomic E-state index is 13.7. The molecule has 1 aromatic rings. The smallest absolute Gasteiger partial charge is 0.243 e. The summed E-state index contributed by atoms with van der Waals surface area (Å²) in [7, 11) is 1.56. The highest BCUT2D eigenvalue weighted by atomic mass is 16.6. The lowest BCUT2D eigenvalue weighted by Gasteiger charge is -2.27. The Morgan fingerprint density at radius 2 is 1.79 bits per heavy atom. The fraction of sp³-hybridized carbons (Fsp3) is 0.567. The molecule has 2 saturated heterocycles. The second-order valence-electron chi connectivity index (χ2n) is 11.4. The zero-order valence-electron chi connectivity index (χ0n) is 24.5. The number of hydrogen-bond acceptors (Lipinski definition) is 8. The van der Waals surface area contributed by atoms with E-state index in [9.17, 15) is 24.0 Å². The molecule has 4 N–H and O–H groups in total. The Bertz CT molecular complexity index is 1210. The van der Waals surface area contributed by atoms with E-state index in [0.29, 0.717) is 31.9 Å². The maximum Gasteiger partial charge on any atom is 0.243 e. The van der Waals surface area contributed by atoms with E-state index in [4.69, 9.17) is 9.47 Å². The Balaban J connectivity index is 1.44. The van der Waals surface area contributed by atoms with Crippen LogP contribution in [0.4, 0.5) is 0 Å². The number of benzene rings is 1. The topological polar surface area (TPSA) is 158 Å². The lowest BCUT2D eigenvalue weighted by molar-refractivity contribution is -0.134. The molecule has 1 aliphatic carbocycles. The Morgan fingerprint density at radius 3 is 2.40 bits per heavy atom. The van der Waals surface area contributed by atoms with Crippen molar-refractivity contribution in [2.45, 2.75) is 69.7 Å². The number of nitrogens with one attached hydrogen (secondary N) is 4. The Kier molecular flexibility index (Phi) is 10.3. The number of ketones is 1. The number of ether oxygens (including phenoxy) is 2. The maximum absolute atomic E-state index is 13.7. The van der Waals surface area contributed by atoms with E-state index in [2.05, 4.69) is 27.3 Å². The Hall–Kier alpha value is -3.77. The number of nitrogens with zero attached hydrogens (tertiary/aromatic N) is 1. The molecule has 1 aromatic carbocycles. The molecule has 0 spiro atoms. The lowest BCUT2D eigenvalue weighted by Crippen LogP contribution is -2.57. The van der Waals surface area contributed by atoms with Crippen molar-refractivity contribution in [3.63, 3.8) is 0 Å². The zero-order chi connectivity index (χ0) is 30.3. The van der Waals surface area contributed by atoms with Gasteiger partial charge in [0.05, 0.1) is 32.8 Å². The molecular formula is C30H41N5O7. The molecular weight excluding hydrogens is 542 g/mol. The zero-order valence-corrected chi connectivity index (χ0v) is 24.5. The first kappa shape index (κ1) is 31.2. The van der Waals surface area contributed by atoms with E-state index in [0.717, 1.165) is 30.4 Å². The van der Waals surface area contributed by atoms with Gasteiger partial charge >= 0.3 is 0 Å². The van der Waals surface area contributed by atoms with Crippen LogP contribution in [-0.4, -0.2) is 97.9 Å². The van der Waals surface area contributed by atoms with Crippen molar-refractivity contribution >= 4 is 29.4 Å². The number of piperazine rings is 1. The third-order valence-corrected chi connectivity index (χ3v) is 7.82. The highest BCUT2D eigenvalue weighted by Crippen LogP contribution is 2.31. The number of Topliss-reactive ketones (excluding diaryl/α,β-unsaturated/α-hetero) is 1. The van der Waals surface area contributed by atoms with E-state index in [1.165, 1.54) is 6.92 Å². The van der Waals surface area contributed by atoms with Crippen LogP contribution in [0, 0.1) is 0 Å². The van der Waals surface area contributed by atoms with Gasteiger partial charge in [-0.3, -0.25) is 28.9 Å². The standard InChI is InChI=1S/C30H41N5O7/c1-19(32-26(37)17-35-13-12-31-25(36)16-35)28(39)34-24(15-21-8-10-22(41-3)11-9-21)29(40)33-23(14-20-6-4-5-7-20)27(38)30(2)18-42-30/h6,8-11,19,23-24H,4-5,7,12-18H2,1-3H3,(H,31,36)(H,32,37)(H,33,40)(H,34,39)/t19-,23-,24-,30-/m0/s1. The predicted octanol–water partition coefficient (Wildman–Crippen LogP) is 0.00220. The van der Waals surface area contributed by atoms with Crippen LogP contribution >= 0.6 is 0 Å². The van der Waals surface area contributed by atoms with Gasteiger partial charge in [0.2, 0.25) is 23.6 Å². The van der Waals surface area contributed by atoms with Gasteiger partial charge in [-0.25, -0.2) is 0 Å². The summed E-state index contributed by atoms with van der Waals surface area (Å²) in [6.07, 6.45) is 5.50. The Morgan fingerprint density at radius 1 is 1.07 bits per heavy atom. The van der Waals surface area contributed by atoms with Gasteiger partial charge in [0.25, 0.3) is 0 Å². The molecule has 228 valence electrons. The van der Waals surface area contributed by atoms with Crippen LogP contribution in [0.3, 0.4) is 0 Å². The molecule has 0 saturated carbocycles. The normalized spacial score (nSPS) is 22.2. The molecule has 12 nitrogen and oxygen atoms in total. The summed E-state index contributed by atoms with van der Waals surface area (Å²) >= 11 is 0. The minimum absolute atomic E-state index is 0.0265. The van der Waals surface area contributed by atoms with Gasteiger partial charge in [-0.05, 0) is 57.2 Å². The third-order valence-electron chi connectivity index (χ3n) is 7.82. The van der Waals surface area contributed by atoms with Crippen molar-refractivity contribution in [3.05, 3.63) is 41.5 Å². The van der Waals surface area contributed by atoms with Gasteiger partial charge in [0.1, 0.15) is 23.4 Å². The van der Waals surface area contributed by atoms with Crippen LogP contribution in [0.15, 0.2) is 35.9 Å². The van der Waals surface area contributed by atoms with E-state index in [-0.39, 0.29) is 31.2 Å². The number of amides is 4. The summed E-state index contributed by atoms with van der Waals surface area (Å²) in [6, 6.07) is 4.38. The first-order chi connectivity index (χ1) is 20.1. The van der Waals surface area contributed by atoms with Gasteiger partial charge in [-0.1, -0.05) is 23.8 Å². The molecule has 4 amide bonds. The van der Waals surface area contributed by atoms with Crippen molar-refractivity contribution < 1.29 is 33.4 Å². The summed E-state index contributed by atoms with van der Waals surface area (Å²) in [5, 5.41) is 11.0. The van der Waals surface area contributed by atoms with E-state index in [1.807, 2.05) is 0 Å². The highest BCUT2D eigenvalue weighted by molar-refractivity contribution is 5.98. The second kappa shape index (κ2) is 13.9. The highest BCUT2D eigenvalue weighted by Gasteiger charge is 2.50. The summed E-state index contributed by atoms with van der Waals surface area (Å²) in [4.78, 5) is 66.1. The molecule has 3 aliphatic rings. The lowest BCUT2D eigenvalue weighted by atomic mass is 9.94. The summed E-state index contributed by atoms with van der Waals surface area (Å²) in [5.41, 5.74) is 0.978.